The lowest BCUT2D eigenvalue weighted by atomic mass is 10.00. The van der Waals surface area contributed by atoms with Crippen molar-refractivity contribution < 1.29 is 26.3 Å². The number of anilines is 1. The van der Waals surface area contributed by atoms with Gasteiger partial charge in [0.1, 0.15) is 12.4 Å². The van der Waals surface area contributed by atoms with Crippen molar-refractivity contribution in [3.8, 4) is 0 Å². The SMILES string of the molecule is CCN(C)S(=O)(=O)Nc1cccc(C(O)c2cn(S(=O)(=O)c3ccc(C)cc3)c3ncnc(C)c23)c1F. The summed E-state index contributed by atoms with van der Waals surface area (Å²) in [5, 5.41) is 11.5. The molecule has 0 aliphatic heterocycles. The van der Waals surface area contributed by atoms with Crippen LogP contribution in [-0.4, -0.2) is 53.8 Å². The molecule has 0 saturated carbocycles. The van der Waals surface area contributed by atoms with Crippen LogP contribution in [0.3, 0.4) is 0 Å². The second kappa shape index (κ2) is 9.82. The van der Waals surface area contributed by atoms with Crippen LogP contribution in [-0.2, 0) is 20.2 Å². The average molecular weight is 548 g/mol. The average Bonchev–Trinajstić information content (AvgIpc) is 3.26. The summed E-state index contributed by atoms with van der Waals surface area (Å²) in [4.78, 5) is 8.26. The predicted molar refractivity (Wildman–Crippen MR) is 137 cm³/mol. The van der Waals surface area contributed by atoms with Crippen LogP contribution in [0, 0.1) is 19.7 Å². The number of aliphatic hydroxyl groups excluding tert-OH is 1. The number of fused-ring (bicyclic) bond motifs is 1. The number of aryl methyl sites for hydroxylation is 2. The van der Waals surface area contributed by atoms with Crippen molar-refractivity contribution in [2.24, 2.45) is 0 Å². The molecule has 1 unspecified atom stereocenters. The summed E-state index contributed by atoms with van der Waals surface area (Å²) in [5.74, 6) is -1.00. The summed E-state index contributed by atoms with van der Waals surface area (Å²) >= 11 is 0. The zero-order valence-corrected chi connectivity index (χ0v) is 22.2. The zero-order valence-electron chi connectivity index (χ0n) is 20.5. The number of benzene rings is 2. The zero-order chi connectivity index (χ0) is 27.1. The molecule has 0 spiro atoms. The maximum Gasteiger partial charge on any atom is 0.301 e. The molecule has 1 atom stereocenters. The van der Waals surface area contributed by atoms with Crippen LogP contribution in [0.25, 0.3) is 11.0 Å². The highest BCUT2D eigenvalue weighted by atomic mass is 32.2. The number of aromatic nitrogens is 3. The van der Waals surface area contributed by atoms with E-state index in [0.717, 1.165) is 13.8 Å². The fraction of sp³-hybridized carbons (Fsp3) is 0.250. The van der Waals surface area contributed by atoms with Crippen LogP contribution in [0.2, 0.25) is 0 Å². The molecular weight excluding hydrogens is 521 g/mol. The van der Waals surface area contributed by atoms with E-state index < -0.39 is 32.2 Å². The first-order valence-electron chi connectivity index (χ1n) is 11.2. The van der Waals surface area contributed by atoms with Gasteiger partial charge in [0.15, 0.2) is 11.5 Å². The third-order valence-electron chi connectivity index (χ3n) is 6.06. The Hall–Kier alpha value is -3.39. The summed E-state index contributed by atoms with van der Waals surface area (Å²) in [6, 6.07) is 10.1. The van der Waals surface area contributed by atoms with Crippen LogP contribution < -0.4 is 4.72 Å². The van der Waals surface area contributed by atoms with E-state index in [-0.39, 0.29) is 39.3 Å². The first-order chi connectivity index (χ1) is 17.4. The minimum absolute atomic E-state index is 0.00920. The Kier molecular flexibility index (Phi) is 7.08. The van der Waals surface area contributed by atoms with Crippen molar-refractivity contribution in [3.63, 3.8) is 0 Å². The van der Waals surface area contributed by atoms with Gasteiger partial charge < -0.3 is 5.11 Å². The lowest BCUT2D eigenvalue weighted by Crippen LogP contribution is -2.32. The molecule has 2 aromatic carbocycles. The highest BCUT2D eigenvalue weighted by molar-refractivity contribution is 7.90. The Morgan fingerprint density at radius 1 is 1.05 bits per heavy atom. The number of nitrogens with zero attached hydrogens (tertiary/aromatic N) is 4. The Bertz CT molecular complexity index is 1690. The first kappa shape index (κ1) is 26.7. The highest BCUT2D eigenvalue weighted by Gasteiger charge is 2.29. The van der Waals surface area contributed by atoms with Gasteiger partial charge >= 0.3 is 10.2 Å². The molecule has 2 heterocycles. The molecule has 13 heteroatoms. The van der Waals surface area contributed by atoms with Gasteiger partial charge in [-0.2, -0.15) is 12.7 Å². The second-order valence-corrected chi connectivity index (χ2v) is 12.1. The molecule has 196 valence electrons. The minimum Gasteiger partial charge on any atom is -0.383 e. The largest absolute Gasteiger partial charge is 0.383 e. The van der Waals surface area contributed by atoms with Crippen LogP contribution in [0.5, 0.6) is 0 Å². The molecule has 0 fully saturated rings. The molecule has 0 radical (unpaired) electrons. The molecule has 4 rings (SSSR count). The molecule has 0 amide bonds. The third kappa shape index (κ3) is 4.82. The van der Waals surface area contributed by atoms with Crippen molar-refractivity contribution in [2.45, 2.75) is 31.8 Å². The Balaban J connectivity index is 1.86. The minimum atomic E-state index is -4.12. The summed E-state index contributed by atoms with van der Waals surface area (Å²) < 4.78 is 71.4. The number of rotatable bonds is 8. The molecule has 0 aliphatic carbocycles. The topological polar surface area (TPSA) is 134 Å². The van der Waals surface area contributed by atoms with E-state index in [0.29, 0.717) is 5.69 Å². The molecule has 10 nitrogen and oxygen atoms in total. The maximum atomic E-state index is 15.5. The highest BCUT2D eigenvalue weighted by Crippen LogP contribution is 2.35. The molecule has 2 aromatic heterocycles. The summed E-state index contributed by atoms with van der Waals surface area (Å²) in [7, 11) is -6.81. The Morgan fingerprint density at radius 2 is 1.73 bits per heavy atom. The van der Waals surface area contributed by atoms with Gasteiger partial charge in [0, 0.05) is 36.3 Å². The lowest BCUT2D eigenvalue weighted by Gasteiger charge is -2.18. The number of aliphatic hydroxyl groups is 1. The van der Waals surface area contributed by atoms with Gasteiger partial charge in [0.25, 0.3) is 10.0 Å². The quantitative estimate of drug-likeness (QED) is 0.346. The van der Waals surface area contributed by atoms with Gasteiger partial charge in [-0.05, 0) is 32.0 Å². The smallest absolute Gasteiger partial charge is 0.301 e. The Labute approximate surface area is 214 Å². The van der Waals surface area contributed by atoms with Gasteiger partial charge in [0.05, 0.1) is 16.3 Å². The van der Waals surface area contributed by atoms with Crippen LogP contribution in [0.4, 0.5) is 10.1 Å². The van der Waals surface area contributed by atoms with Crippen LogP contribution >= 0.6 is 0 Å². The van der Waals surface area contributed by atoms with Crippen molar-refractivity contribution >= 4 is 37.0 Å². The fourth-order valence-electron chi connectivity index (χ4n) is 3.83. The van der Waals surface area contributed by atoms with E-state index in [1.54, 1.807) is 26.0 Å². The molecule has 0 bridgehead atoms. The number of halogens is 1. The van der Waals surface area contributed by atoms with E-state index in [1.165, 1.54) is 49.9 Å². The number of nitrogens with one attached hydrogen (secondary N) is 1. The van der Waals surface area contributed by atoms with Crippen molar-refractivity contribution in [1.29, 1.82) is 0 Å². The van der Waals surface area contributed by atoms with Crippen LogP contribution in [0.15, 0.2) is 59.9 Å². The monoisotopic (exact) mass is 547 g/mol. The molecule has 0 aliphatic rings. The van der Waals surface area contributed by atoms with Crippen molar-refractivity contribution in [2.75, 3.05) is 18.3 Å². The van der Waals surface area contributed by atoms with Crippen molar-refractivity contribution in [3.05, 3.63) is 83.2 Å². The van der Waals surface area contributed by atoms with E-state index in [2.05, 4.69) is 14.7 Å². The molecule has 0 saturated heterocycles. The van der Waals surface area contributed by atoms with Gasteiger partial charge in [-0.15, -0.1) is 0 Å². The summed E-state index contributed by atoms with van der Waals surface area (Å²) in [5.41, 5.74) is 0.702. The summed E-state index contributed by atoms with van der Waals surface area (Å²) in [6.07, 6.45) is 0.734. The lowest BCUT2D eigenvalue weighted by molar-refractivity contribution is 0.216. The van der Waals surface area contributed by atoms with E-state index in [9.17, 15) is 21.9 Å². The maximum absolute atomic E-state index is 15.5. The van der Waals surface area contributed by atoms with Crippen LogP contribution in [0.1, 0.15) is 35.4 Å². The molecule has 2 N–H and O–H groups in total. The van der Waals surface area contributed by atoms with E-state index in [4.69, 9.17) is 0 Å². The van der Waals surface area contributed by atoms with Crippen molar-refractivity contribution in [1.82, 2.24) is 18.2 Å². The first-order valence-corrected chi connectivity index (χ1v) is 14.1. The fourth-order valence-corrected chi connectivity index (χ4v) is 6.08. The molecule has 37 heavy (non-hydrogen) atoms. The van der Waals surface area contributed by atoms with Gasteiger partial charge in [-0.25, -0.2) is 26.7 Å². The van der Waals surface area contributed by atoms with E-state index in [1.807, 2.05) is 6.92 Å². The predicted octanol–water partition coefficient (Wildman–Crippen LogP) is 3.11. The number of hydrogen-bond acceptors (Lipinski definition) is 7. The standard InChI is InChI=1S/C24H26FN5O5S2/c1-5-29(4)37(34,35)28-20-8-6-7-18(22(20)25)23(31)19-13-30(24-21(19)16(3)26-14-27-24)36(32,33)17-11-9-15(2)10-12-17/h6-14,23,28,31H,5H2,1-4H3. The Morgan fingerprint density at radius 3 is 2.38 bits per heavy atom. The van der Waals surface area contributed by atoms with E-state index >= 15 is 4.39 Å². The number of hydrogen-bond donors (Lipinski definition) is 2. The molecule has 4 aromatic rings. The van der Waals surface area contributed by atoms with Gasteiger partial charge in [-0.1, -0.05) is 36.8 Å². The third-order valence-corrected chi connectivity index (χ3v) is 9.28. The van der Waals surface area contributed by atoms with Gasteiger partial charge in [0.2, 0.25) is 0 Å². The second-order valence-electron chi connectivity index (χ2n) is 8.49. The van der Waals surface area contributed by atoms with Gasteiger partial charge in [-0.3, -0.25) is 4.72 Å². The molecular formula is C24H26FN5O5S2. The normalized spacial score (nSPS) is 13.3. The summed E-state index contributed by atoms with van der Waals surface area (Å²) in [6.45, 7) is 5.23.